The first-order valence-corrected chi connectivity index (χ1v) is 7.16. The third-order valence-electron chi connectivity index (χ3n) is 3.95. The normalized spacial score (nSPS) is 20.7. The molecular weight excluding hydrogens is 278 g/mol. The molecule has 1 aliphatic heterocycles. The minimum absolute atomic E-state index is 0.0547. The Hall–Kier alpha value is -2.58. The Labute approximate surface area is 129 Å². The topological polar surface area (TPSA) is 69.4 Å². The summed E-state index contributed by atoms with van der Waals surface area (Å²) >= 11 is 0. The second-order valence-corrected chi connectivity index (χ2v) is 5.35. The number of aromatic nitrogens is 1. The molecular formula is C17H17N3O2. The van der Waals surface area contributed by atoms with Crippen molar-refractivity contribution in [1.82, 2.24) is 4.98 Å². The number of nitriles is 1. The van der Waals surface area contributed by atoms with E-state index in [0.717, 1.165) is 17.0 Å². The standard InChI is InChI=1S/C17H17N3O2/c1-22-16-4-2-3-12(7-16)17-9-15(21)11-20(17)14-5-6-19-13(8-14)10-18/h2-8,15,17,21H,9,11H2,1H3/t15-,17+/m0/s1. The van der Waals surface area contributed by atoms with Gasteiger partial charge in [-0.2, -0.15) is 5.26 Å². The van der Waals surface area contributed by atoms with E-state index in [1.807, 2.05) is 30.3 Å². The number of aliphatic hydroxyl groups is 1. The van der Waals surface area contributed by atoms with Crippen molar-refractivity contribution in [3.63, 3.8) is 0 Å². The van der Waals surface area contributed by atoms with Crippen molar-refractivity contribution >= 4 is 5.69 Å². The maximum absolute atomic E-state index is 10.1. The average molecular weight is 295 g/mol. The van der Waals surface area contributed by atoms with E-state index < -0.39 is 6.10 Å². The molecule has 5 heteroatoms. The lowest BCUT2D eigenvalue weighted by molar-refractivity contribution is 0.194. The molecule has 1 aromatic heterocycles. The number of pyridine rings is 1. The molecule has 0 aliphatic carbocycles. The quantitative estimate of drug-likeness (QED) is 0.940. The molecule has 5 nitrogen and oxygen atoms in total. The molecule has 0 unspecified atom stereocenters. The second kappa shape index (κ2) is 6.04. The minimum atomic E-state index is -0.394. The van der Waals surface area contributed by atoms with Gasteiger partial charge in [0.15, 0.2) is 0 Å². The van der Waals surface area contributed by atoms with Crippen molar-refractivity contribution in [3.05, 3.63) is 53.9 Å². The number of hydrogen-bond donors (Lipinski definition) is 1. The number of β-amino-alcohol motifs (C(OH)–C–C–N with tert-alkyl or cyclic N) is 1. The van der Waals surface area contributed by atoms with Crippen LogP contribution in [0.25, 0.3) is 0 Å². The van der Waals surface area contributed by atoms with Crippen LogP contribution in [0.2, 0.25) is 0 Å². The Morgan fingerprint density at radius 1 is 1.36 bits per heavy atom. The molecule has 0 bridgehead atoms. The van der Waals surface area contributed by atoms with E-state index in [9.17, 15) is 5.11 Å². The van der Waals surface area contributed by atoms with Crippen LogP contribution >= 0.6 is 0 Å². The molecule has 22 heavy (non-hydrogen) atoms. The summed E-state index contributed by atoms with van der Waals surface area (Å²) in [6.07, 6.45) is 1.88. The maximum Gasteiger partial charge on any atom is 0.142 e. The van der Waals surface area contributed by atoms with Crippen LogP contribution in [0, 0.1) is 11.3 Å². The zero-order valence-electron chi connectivity index (χ0n) is 12.3. The zero-order chi connectivity index (χ0) is 15.5. The molecule has 1 saturated heterocycles. The smallest absolute Gasteiger partial charge is 0.142 e. The van der Waals surface area contributed by atoms with Gasteiger partial charge in [-0.25, -0.2) is 4.98 Å². The average Bonchev–Trinajstić information content (AvgIpc) is 2.97. The van der Waals surface area contributed by atoms with Gasteiger partial charge in [0.1, 0.15) is 17.5 Å². The van der Waals surface area contributed by atoms with E-state index in [4.69, 9.17) is 10.00 Å². The summed E-state index contributed by atoms with van der Waals surface area (Å²) in [5.41, 5.74) is 2.37. The molecule has 1 fully saturated rings. The highest BCUT2D eigenvalue weighted by molar-refractivity contribution is 5.53. The summed E-state index contributed by atoms with van der Waals surface area (Å²) in [5.74, 6) is 0.797. The Morgan fingerprint density at radius 3 is 3.00 bits per heavy atom. The van der Waals surface area contributed by atoms with E-state index in [0.29, 0.717) is 18.7 Å². The third-order valence-corrected chi connectivity index (χ3v) is 3.95. The summed E-state index contributed by atoms with van der Waals surface area (Å²) in [6, 6.07) is 13.6. The molecule has 112 valence electrons. The van der Waals surface area contributed by atoms with Crippen LogP contribution in [0.4, 0.5) is 5.69 Å². The van der Waals surface area contributed by atoms with E-state index in [2.05, 4.69) is 16.0 Å². The van der Waals surface area contributed by atoms with Gasteiger partial charge >= 0.3 is 0 Å². The summed E-state index contributed by atoms with van der Waals surface area (Å²) in [5, 5.41) is 19.1. The van der Waals surface area contributed by atoms with E-state index in [1.165, 1.54) is 0 Å². The third kappa shape index (κ3) is 2.74. The molecule has 2 aromatic rings. The van der Waals surface area contributed by atoms with Crippen molar-refractivity contribution in [2.24, 2.45) is 0 Å². The first kappa shape index (κ1) is 14.4. The predicted octanol–water partition coefficient (Wildman–Crippen LogP) is 2.27. The lowest BCUT2D eigenvalue weighted by atomic mass is 10.0. The van der Waals surface area contributed by atoms with Gasteiger partial charge in [-0.3, -0.25) is 0 Å². The van der Waals surface area contributed by atoms with Gasteiger partial charge in [0.2, 0.25) is 0 Å². The van der Waals surface area contributed by atoms with Gasteiger partial charge in [-0.05, 0) is 36.2 Å². The fourth-order valence-electron chi connectivity index (χ4n) is 2.92. The van der Waals surface area contributed by atoms with Crippen molar-refractivity contribution in [2.75, 3.05) is 18.6 Å². The van der Waals surface area contributed by atoms with Crippen LogP contribution in [0.3, 0.4) is 0 Å². The van der Waals surface area contributed by atoms with E-state index in [1.54, 1.807) is 19.4 Å². The molecule has 1 aliphatic rings. The minimum Gasteiger partial charge on any atom is -0.497 e. The van der Waals surface area contributed by atoms with Gasteiger partial charge < -0.3 is 14.7 Å². The molecule has 2 atom stereocenters. The number of nitrogens with zero attached hydrogens (tertiary/aromatic N) is 3. The van der Waals surface area contributed by atoms with E-state index >= 15 is 0 Å². The molecule has 1 N–H and O–H groups in total. The van der Waals surface area contributed by atoms with Crippen LogP contribution in [-0.4, -0.2) is 29.8 Å². The molecule has 0 amide bonds. The molecule has 1 aromatic carbocycles. The summed E-state index contributed by atoms with van der Waals surface area (Å²) in [4.78, 5) is 6.12. The van der Waals surface area contributed by atoms with Crippen molar-refractivity contribution < 1.29 is 9.84 Å². The number of methoxy groups -OCH3 is 1. The summed E-state index contributed by atoms with van der Waals surface area (Å²) in [6.45, 7) is 0.538. The zero-order valence-corrected chi connectivity index (χ0v) is 12.3. The molecule has 0 radical (unpaired) electrons. The van der Waals surface area contributed by atoms with Gasteiger partial charge in [-0.1, -0.05) is 12.1 Å². The fourth-order valence-corrected chi connectivity index (χ4v) is 2.92. The first-order chi connectivity index (χ1) is 10.7. The Kier molecular flexibility index (Phi) is 3.94. The molecule has 2 heterocycles. The lowest BCUT2D eigenvalue weighted by Crippen LogP contribution is -2.24. The number of ether oxygens (including phenoxy) is 1. The summed E-state index contributed by atoms with van der Waals surface area (Å²) < 4.78 is 5.28. The predicted molar refractivity (Wildman–Crippen MR) is 82.7 cm³/mol. The monoisotopic (exact) mass is 295 g/mol. The number of rotatable bonds is 3. The maximum atomic E-state index is 10.1. The molecule has 0 saturated carbocycles. The Bertz CT molecular complexity index is 711. The van der Waals surface area contributed by atoms with Gasteiger partial charge in [-0.15, -0.1) is 0 Å². The van der Waals surface area contributed by atoms with Crippen LogP contribution in [0.15, 0.2) is 42.6 Å². The van der Waals surface area contributed by atoms with Gasteiger partial charge in [0, 0.05) is 18.4 Å². The highest BCUT2D eigenvalue weighted by Crippen LogP contribution is 2.37. The van der Waals surface area contributed by atoms with Crippen LogP contribution in [-0.2, 0) is 0 Å². The Morgan fingerprint density at radius 2 is 2.23 bits per heavy atom. The first-order valence-electron chi connectivity index (χ1n) is 7.16. The Balaban J connectivity index is 1.96. The van der Waals surface area contributed by atoms with Crippen molar-refractivity contribution in [3.8, 4) is 11.8 Å². The summed E-state index contributed by atoms with van der Waals surface area (Å²) in [7, 11) is 1.64. The van der Waals surface area contributed by atoms with Crippen LogP contribution in [0.1, 0.15) is 23.7 Å². The largest absolute Gasteiger partial charge is 0.497 e. The number of benzene rings is 1. The molecule has 3 rings (SSSR count). The number of aliphatic hydroxyl groups excluding tert-OH is 1. The lowest BCUT2D eigenvalue weighted by Gasteiger charge is -2.27. The highest BCUT2D eigenvalue weighted by atomic mass is 16.5. The van der Waals surface area contributed by atoms with Crippen LogP contribution in [0.5, 0.6) is 5.75 Å². The SMILES string of the molecule is COc1cccc([C@H]2C[C@H](O)CN2c2ccnc(C#N)c2)c1. The van der Waals surface area contributed by atoms with Crippen molar-refractivity contribution in [2.45, 2.75) is 18.6 Å². The number of anilines is 1. The number of hydrogen-bond acceptors (Lipinski definition) is 5. The highest BCUT2D eigenvalue weighted by Gasteiger charge is 2.32. The molecule has 0 spiro atoms. The van der Waals surface area contributed by atoms with E-state index in [-0.39, 0.29) is 6.04 Å². The van der Waals surface area contributed by atoms with Crippen molar-refractivity contribution in [1.29, 1.82) is 5.26 Å². The van der Waals surface area contributed by atoms with Gasteiger partial charge in [0.25, 0.3) is 0 Å². The second-order valence-electron chi connectivity index (χ2n) is 5.35. The van der Waals surface area contributed by atoms with Crippen LogP contribution < -0.4 is 9.64 Å². The fraction of sp³-hybridized carbons (Fsp3) is 0.294. The van der Waals surface area contributed by atoms with Gasteiger partial charge in [0.05, 0.1) is 19.3 Å².